The molecule has 0 fully saturated rings. The number of hydrogen-bond donors (Lipinski definition) is 1. The fourth-order valence-corrected chi connectivity index (χ4v) is 2.81. The number of alkyl halides is 1. The quantitative estimate of drug-likeness (QED) is 0.828. The predicted molar refractivity (Wildman–Crippen MR) is 80.3 cm³/mol. The Labute approximate surface area is 118 Å². The van der Waals surface area contributed by atoms with Crippen LogP contribution in [0, 0.1) is 13.8 Å². The highest BCUT2D eigenvalue weighted by atomic mass is 79.9. The number of nitrogens with one attached hydrogen (secondary N) is 1. The average molecular weight is 312 g/mol. The Morgan fingerprint density at radius 3 is 2.50 bits per heavy atom. The summed E-state index contributed by atoms with van der Waals surface area (Å²) in [5.41, 5.74) is 3.42. The molecule has 0 saturated heterocycles. The van der Waals surface area contributed by atoms with Crippen molar-refractivity contribution >= 4 is 21.8 Å². The Morgan fingerprint density at radius 2 is 1.94 bits per heavy atom. The Balaban J connectivity index is 2.62. The third kappa shape index (κ3) is 4.81. The summed E-state index contributed by atoms with van der Waals surface area (Å²) in [5, 5.41) is 3.96. The van der Waals surface area contributed by atoms with Gasteiger partial charge in [-0.3, -0.25) is 4.79 Å². The van der Waals surface area contributed by atoms with Crippen LogP contribution in [0.5, 0.6) is 0 Å². The molecule has 2 nitrogen and oxygen atoms in total. The maximum absolute atomic E-state index is 12.0. The molecule has 1 aromatic carbocycles. The van der Waals surface area contributed by atoms with E-state index in [4.69, 9.17) is 0 Å². The molecule has 1 amide bonds. The highest BCUT2D eigenvalue weighted by molar-refractivity contribution is 9.09. The lowest BCUT2D eigenvalue weighted by Crippen LogP contribution is -2.44. The Kier molecular flexibility index (Phi) is 5.39. The summed E-state index contributed by atoms with van der Waals surface area (Å²) in [7, 11) is 0. The van der Waals surface area contributed by atoms with Gasteiger partial charge < -0.3 is 5.32 Å². The van der Waals surface area contributed by atoms with Gasteiger partial charge in [0.1, 0.15) is 0 Å². The van der Waals surface area contributed by atoms with Crippen molar-refractivity contribution in [3.63, 3.8) is 0 Å². The summed E-state index contributed by atoms with van der Waals surface area (Å²) >= 11 is 3.41. The van der Waals surface area contributed by atoms with Crippen LogP contribution in [0.2, 0.25) is 0 Å². The van der Waals surface area contributed by atoms with Crippen LogP contribution in [0.4, 0.5) is 0 Å². The van der Waals surface area contributed by atoms with E-state index in [1.54, 1.807) is 0 Å². The second-order valence-electron chi connectivity index (χ2n) is 5.47. The van der Waals surface area contributed by atoms with E-state index < -0.39 is 0 Å². The molecule has 0 aromatic heterocycles. The van der Waals surface area contributed by atoms with Crippen LogP contribution in [0.3, 0.4) is 0 Å². The number of carbonyl (C=O) groups is 1. The first-order chi connectivity index (χ1) is 8.34. The maximum atomic E-state index is 12.0. The zero-order valence-corrected chi connectivity index (χ0v) is 13.2. The van der Waals surface area contributed by atoms with E-state index in [0.29, 0.717) is 6.42 Å². The van der Waals surface area contributed by atoms with Crippen LogP contribution in [-0.4, -0.2) is 16.8 Å². The molecule has 100 valence electrons. The average Bonchev–Trinajstić information content (AvgIpc) is 2.22. The molecule has 1 aromatic rings. The van der Waals surface area contributed by atoms with Gasteiger partial charge in [-0.15, -0.1) is 0 Å². The van der Waals surface area contributed by atoms with Crippen molar-refractivity contribution < 1.29 is 4.79 Å². The number of rotatable bonds is 5. The van der Waals surface area contributed by atoms with Crippen molar-refractivity contribution in [2.24, 2.45) is 0 Å². The number of halogens is 1. The van der Waals surface area contributed by atoms with Gasteiger partial charge >= 0.3 is 0 Å². The lowest BCUT2D eigenvalue weighted by Gasteiger charge is -2.25. The molecule has 0 aliphatic heterocycles. The summed E-state index contributed by atoms with van der Waals surface area (Å²) in [6.45, 7) is 8.25. The zero-order valence-electron chi connectivity index (χ0n) is 11.6. The summed E-state index contributed by atoms with van der Waals surface area (Å²) in [4.78, 5) is 12.0. The second kappa shape index (κ2) is 6.37. The summed E-state index contributed by atoms with van der Waals surface area (Å²) in [6.07, 6.45) is 1.37. The Hall–Kier alpha value is -0.830. The predicted octanol–water partition coefficient (Wildman–Crippen LogP) is 3.53. The molecule has 0 unspecified atom stereocenters. The molecule has 18 heavy (non-hydrogen) atoms. The SMILES string of the molecule is Cc1ccc(CC(=O)NC(C)(C)CCBr)cc1C. The van der Waals surface area contributed by atoms with E-state index in [-0.39, 0.29) is 11.4 Å². The third-order valence-corrected chi connectivity index (χ3v) is 3.53. The zero-order chi connectivity index (χ0) is 13.8. The van der Waals surface area contributed by atoms with Crippen molar-refractivity contribution in [1.82, 2.24) is 5.32 Å². The molecule has 0 aliphatic rings. The Bertz CT molecular complexity index is 427. The molecule has 0 atom stereocenters. The van der Waals surface area contributed by atoms with Gasteiger partial charge in [0, 0.05) is 10.9 Å². The molecular formula is C15H22BrNO. The largest absolute Gasteiger partial charge is 0.351 e. The van der Waals surface area contributed by atoms with Gasteiger partial charge in [-0.1, -0.05) is 34.1 Å². The van der Waals surface area contributed by atoms with E-state index in [1.165, 1.54) is 11.1 Å². The van der Waals surface area contributed by atoms with Crippen LogP contribution in [0.15, 0.2) is 18.2 Å². The van der Waals surface area contributed by atoms with Gasteiger partial charge in [0.25, 0.3) is 0 Å². The minimum Gasteiger partial charge on any atom is -0.351 e. The monoisotopic (exact) mass is 311 g/mol. The number of carbonyl (C=O) groups excluding carboxylic acids is 1. The van der Waals surface area contributed by atoms with Crippen molar-refractivity contribution in [3.05, 3.63) is 34.9 Å². The summed E-state index contributed by atoms with van der Waals surface area (Å²) in [5.74, 6) is 0.0872. The molecule has 1 rings (SSSR count). The fraction of sp³-hybridized carbons (Fsp3) is 0.533. The maximum Gasteiger partial charge on any atom is 0.224 e. The molecule has 0 bridgehead atoms. The van der Waals surface area contributed by atoms with Gasteiger partial charge in [-0.05, 0) is 50.8 Å². The Morgan fingerprint density at radius 1 is 1.28 bits per heavy atom. The van der Waals surface area contributed by atoms with Crippen molar-refractivity contribution in [2.75, 3.05) is 5.33 Å². The first-order valence-corrected chi connectivity index (χ1v) is 7.39. The summed E-state index contributed by atoms with van der Waals surface area (Å²) < 4.78 is 0. The highest BCUT2D eigenvalue weighted by Gasteiger charge is 2.19. The lowest BCUT2D eigenvalue weighted by molar-refractivity contribution is -0.122. The van der Waals surface area contributed by atoms with Gasteiger partial charge in [0.2, 0.25) is 5.91 Å². The van der Waals surface area contributed by atoms with E-state index in [9.17, 15) is 4.79 Å². The van der Waals surface area contributed by atoms with Crippen LogP contribution >= 0.6 is 15.9 Å². The molecule has 0 saturated carbocycles. The van der Waals surface area contributed by atoms with E-state index in [0.717, 1.165) is 17.3 Å². The van der Waals surface area contributed by atoms with Crippen LogP contribution in [0.25, 0.3) is 0 Å². The molecule has 0 heterocycles. The van der Waals surface area contributed by atoms with E-state index in [1.807, 2.05) is 19.9 Å². The van der Waals surface area contributed by atoms with Crippen molar-refractivity contribution in [2.45, 2.75) is 46.1 Å². The summed E-state index contributed by atoms with van der Waals surface area (Å²) in [6, 6.07) is 6.19. The van der Waals surface area contributed by atoms with Crippen LogP contribution in [0.1, 0.15) is 37.0 Å². The molecule has 0 spiro atoms. The fourth-order valence-electron chi connectivity index (χ4n) is 1.82. The molecule has 3 heteroatoms. The van der Waals surface area contributed by atoms with E-state index >= 15 is 0 Å². The first kappa shape index (κ1) is 15.2. The topological polar surface area (TPSA) is 29.1 Å². The molecule has 0 radical (unpaired) electrons. The second-order valence-corrected chi connectivity index (χ2v) is 6.26. The van der Waals surface area contributed by atoms with Gasteiger partial charge in [-0.2, -0.15) is 0 Å². The van der Waals surface area contributed by atoms with Gasteiger partial charge in [-0.25, -0.2) is 0 Å². The van der Waals surface area contributed by atoms with E-state index in [2.05, 4.69) is 47.2 Å². The van der Waals surface area contributed by atoms with Crippen molar-refractivity contribution in [3.8, 4) is 0 Å². The number of hydrogen-bond acceptors (Lipinski definition) is 1. The molecule has 1 N–H and O–H groups in total. The van der Waals surface area contributed by atoms with Gasteiger partial charge in [0.05, 0.1) is 6.42 Å². The normalized spacial score (nSPS) is 11.4. The molecule has 0 aliphatic carbocycles. The lowest BCUT2D eigenvalue weighted by atomic mass is 10.0. The van der Waals surface area contributed by atoms with Crippen molar-refractivity contribution in [1.29, 1.82) is 0 Å². The van der Waals surface area contributed by atoms with Crippen LogP contribution in [-0.2, 0) is 11.2 Å². The minimum absolute atomic E-state index is 0.0872. The molecular weight excluding hydrogens is 290 g/mol. The number of benzene rings is 1. The van der Waals surface area contributed by atoms with Gasteiger partial charge in [0.15, 0.2) is 0 Å². The smallest absolute Gasteiger partial charge is 0.224 e. The highest BCUT2D eigenvalue weighted by Crippen LogP contribution is 2.13. The number of amides is 1. The van der Waals surface area contributed by atoms with Crippen LogP contribution < -0.4 is 5.32 Å². The minimum atomic E-state index is -0.152. The third-order valence-electron chi connectivity index (χ3n) is 3.13. The standard InChI is InChI=1S/C15H22BrNO/c1-11-5-6-13(9-12(11)2)10-14(18)17-15(3,4)7-8-16/h5-6,9H,7-8,10H2,1-4H3,(H,17,18). The first-order valence-electron chi connectivity index (χ1n) is 6.27. The number of aryl methyl sites for hydroxylation is 2.